The standard InChI is InChI=1S/C23H24N4O/c1-14-8-20-21(26-13-25-20)11-18(14)23(28)27-7-3-4-17-19-9-15(12-24-2)5-6-16(19)10-22(17)27/h5-6,8-9,11-13,17,22H,3-4,7,10H2,1-2H3,(H,25,26)/t17-,22+/m1/s1. The van der Waals surface area contributed by atoms with E-state index in [4.69, 9.17) is 0 Å². The van der Waals surface area contributed by atoms with Crippen molar-refractivity contribution in [2.24, 2.45) is 4.99 Å². The molecule has 5 nitrogen and oxygen atoms in total. The molecular formula is C23H24N4O. The Hall–Kier alpha value is -2.95. The number of nitrogens with one attached hydrogen (secondary N) is 1. The van der Waals surface area contributed by atoms with Crippen molar-refractivity contribution in [3.8, 4) is 0 Å². The predicted octanol–water partition coefficient (Wildman–Crippen LogP) is 3.86. The number of aryl methyl sites for hydroxylation is 1. The van der Waals surface area contributed by atoms with Gasteiger partial charge in [0.2, 0.25) is 0 Å². The van der Waals surface area contributed by atoms with Crippen LogP contribution in [0.2, 0.25) is 0 Å². The van der Waals surface area contributed by atoms with Crippen molar-refractivity contribution in [2.75, 3.05) is 13.6 Å². The summed E-state index contributed by atoms with van der Waals surface area (Å²) in [5.74, 6) is 0.563. The highest BCUT2D eigenvalue weighted by Crippen LogP contribution is 2.43. The molecule has 142 valence electrons. The fourth-order valence-corrected chi connectivity index (χ4v) is 5.00. The molecule has 5 heteroatoms. The molecule has 0 saturated carbocycles. The number of aromatic amines is 1. The third kappa shape index (κ3) is 2.65. The molecule has 2 heterocycles. The van der Waals surface area contributed by atoms with E-state index in [9.17, 15) is 4.79 Å². The van der Waals surface area contributed by atoms with Crippen LogP contribution < -0.4 is 0 Å². The molecule has 0 spiro atoms. The third-order valence-corrected chi connectivity index (χ3v) is 6.31. The van der Waals surface area contributed by atoms with Crippen molar-refractivity contribution in [1.29, 1.82) is 0 Å². The van der Waals surface area contributed by atoms with Crippen LogP contribution in [-0.4, -0.2) is 46.6 Å². The molecule has 3 aromatic rings. The molecule has 0 unspecified atom stereocenters. The van der Waals surface area contributed by atoms with E-state index in [0.717, 1.165) is 53.5 Å². The number of fused-ring (bicyclic) bond motifs is 4. The summed E-state index contributed by atoms with van der Waals surface area (Å²) in [6.07, 6.45) is 6.72. The van der Waals surface area contributed by atoms with E-state index < -0.39 is 0 Å². The van der Waals surface area contributed by atoms with Gasteiger partial charge in [-0.3, -0.25) is 9.79 Å². The number of hydrogen-bond acceptors (Lipinski definition) is 3. The number of likely N-dealkylation sites (tertiary alicyclic amines) is 1. The molecule has 0 bridgehead atoms. The summed E-state index contributed by atoms with van der Waals surface area (Å²) < 4.78 is 0. The Balaban J connectivity index is 1.49. The maximum atomic E-state index is 13.5. The summed E-state index contributed by atoms with van der Waals surface area (Å²) in [6, 6.07) is 10.8. The zero-order valence-electron chi connectivity index (χ0n) is 16.3. The minimum Gasteiger partial charge on any atom is -0.345 e. The first kappa shape index (κ1) is 17.2. The Morgan fingerprint density at radius 1 is 1.32 bits per heavy atom. The smallest absolute Gasteiger partial charge is 0.254 e. The molecule has 1 aromatic heterocycles. The van der Waals surface area contributed by atoms with E-state index >= 15 is 0 Å². The normalized spacial score (nSPS) is 21.3. The fraction of sp³-hybridized carbons (Fsp3) is 0.348. The Labute approximate surface area is 164 Å². The molecule has 5 rings (SSSR count). The SMILES string of the molecule is CN=Cc1ccc2c(c1)[C@H]1CCCN(C(=O)c3cc4nc[nH]c4cc3C)[C@H]1C2. The van der Waals surface area contributed by atoms with Crippen molar-refractivity contribution < 1.29 is 4.79 Å². The molecule has 1 N–H and O–H groups in total. The van der Waals surface area contributed by atoms with Crippen molar-refractivity contribution in [3.05, 3.63) is 64.5 Å². The van der Waals surface area contributed by atoms with E-state index in [1.807, 2.05) is 25.3 Å². The van der Waals surface area contributed by atoms with Crippen LogP contribution in [-0.2, 0) is 6.42 Å². The minimum atomic E-state index is 0.139. The zero-order chi connectivity index (χ0) is 19.3. The van der Waals surface area contributed by atoms with Crippen LogP contribution in [0.5, 0.6) is 0 Å². The monoisotopic (exact) mass is 372 g/mol. The van der Waals surface area contributed by atoms with Crippen molar-refractivity contribution in [1.82, 2.24) is 14.9 Å². The van der Waals surface area contributed by atoms with Gasteiger partial charge in [-0.05, 0) is 66.6 Å². The lowest BCUT2D eigenvalue weighted by molar-refractivity contribution is 0.0594. The van der Waals surface area contributed by atoms with E-state index in [-0.39, 0.29) is 11.9 Å². The highest BCUT2D eigenvalue weighted by Gasteiger charge is 2.41. The van der Waals surface area contributed by atoms with E-state index in [0.29, 0.717) is 5.92 Å². The van der Waals surface area contributed by atoms with E-state index in [1.54, 1.807) is 13.4 Å². The summed E-state index contributed by atoms with van der Waals surface area (Å²) in [7, 11) is 1.80. The second kappa shape index (κ2) is 6.59. The second-order valence-electron chi connectivity index (χ2n) is 7.95. The number of nitrogens with zero attached hydrogens (tertiary/aromatic N) is 3. The summed E-state index contributed by atoms with van der Waals surface area (Å²) >= 11 is 0. The van der Waals surface area contributed by atoms with Crippen molar-refractivity contribution >= 4 is 23.2 Å². The highest BCUT2D eigenvalue weighted by molar-refractivity contribution is 5.99. The van der Waals surface area contributed by atoms with E-state index in [1.165, 1.54) is 11.1 Å². The van der Waals surface area contributed by atoms with Crippen LogP contribution in [0.3, 0.4) is 0 Å². The lowest BCUT2D eigenvalue weighted by Gasteiger charge is -2.38. The number of piperidine rings is 1. The Kier molecular flexibility index (Phi) is 4.04. The molecule has 1 amide bonds. The first-order chi connectivity index (χ1) is 13.7. The van der Waals surface area contributed by atoms with Crippen LogP contribution in [0.15, 0.2) is 41.7 Å². The molecule has 1 fully saturated rings. The second-order valence-corrected chi connectivity index (χ2v) is 7.95. The van der Waals surface area contributed by atoms with Gasteiger partial charge >= 0.3 is 0 Å². The van der Waals surface area contributed by atoms with Gasteiger partial charge in [0.1, 0.15) is 0 Å². The molecule has 2 atom stereocenters. The number of hydrogen-bond donors (Lipinski definition) is 1. The van der Waals surface area contributed by atoms with E-state index in [2.05, 4.69) is 38.1 Å². The van der Waals surface area contributed by atoms with Crippen molar-refractivity contribution in [3.63, 3.8) is 0 Å². The quantitative estimate of drug-likeness (QED) is 0.694. The number of H-pyrrole nitrogens is 1. The largest absolute Gasteiger partial charge is 0.345 e. The fourth-order valence-electron chi connectivity index (χ4n) is 5.00. The van der Waals surface area contributed by atoms with Gasteiger partial charge in [-0.15, -0.1) is 0 Å². The topological polar surface area (TPSA) is 61.4 Å². The summed E-state index contributed by atoms with van der Waals surface area (Å²) in [4.78, 5) is 27.2. The molecule has 1 saturated heterocycles. The minimum absolute atomic E-state index is 0.139. The Morgan fingerprint density at radius 3 is 3.07 bits per heavy atom. The first-order valence-electron chi connectivity index (χ1n) is 9.95. The molecule has 2 aromatic carbocycles. The predicted molar refractivity (Wildman–Crippen MR) is 111 cm³/mol. The average Bonchev–Trinajstić information content (AvgIpc) is 3.30. The van der Waals surface area contributed by atoms with Crippen LogP contribution >= 0.6 is 0 Å². The van der Waals surface area contributed by atoms with Gasteiger partial charge in [-0.25, -0.2) is 4.98 Å². The summed E-state index contributed by atoms with van der Waals surface area (Å²) in [5, 5.41) is 0. The van der Waals surface area contributed by atoms with Gasteiger partial charge < -0.3 is 9.88 Å². The van der Waals surface area contributed by atoms with Gasteiger partial charge in [0.25, 0.3) is 5.91 Å². The van der Waals surface area contributed by atoms with Crippen molar-refractivity contribution in [2.45, 2.75) is 38.1 Å². The van der Waals surface area contributed by atoms with Gasteiger partial charge in [0.05, 0.1) is 17.4 Å². The number of carbonyl (C=O) groups excluding carboxylic acids is 1. The van der Waals surface area contributed by atoms with Gasteiger partial charge in [-0.1, -0.05) is 12.1 Å². The highest BCUT2D eigenvalue weighted by atomic mass is 16.2. The molecule has 0 radical (unpaired) electrons. The van der Waals surface area contributed by atoms with Gasteiger partial charge in [0, 0.05) is 37.3 Å². The lowest BCUT2D eigenvalue weighted by atomic mass is 9.87. The first-order valence-corrected chi connectivity index (χ1v) is 9.95. The Bertz CT molecular complexity index is 1100. The zero-order valence-corrected chi connectivity index (χ0v) is 16.3. The van der Waals surface area contributed by atoms with Crippen LogP contribution in [0.1, 0.15) is 51.4 Å². The number of carbonyl (C=O) groups is 1. The molecule has 1 aliphatic heterocycles. The lowest BCUT2D eigenvalue weighted by Crippen LogP contribution is -2.46. The molecular weight excluding hydrogens is 348 g/mol. The number of rotatable bonds is 2. The molecule has 2 aliphatic rings. The maximum Gasteiger partial charge on any atom is 0.254 e. The number of aromatic nitrogens is 2. The number of imidazole rings is 1. The van der Waals surface area contributed by atoms with Gasteiger partial charge in [0.15, 0.2) is 0 Å². The number of amides is 1. The molecule has 28 heavy (non-hydrogen) atoms. The summed E-state index contributed by atoms with van der Waals surface area (Å²) in [5.41, 5.74) is 7.52. The van der Waals surface area contributed by atoms with Crippen LogP contribution in [0.4, 0.5) is 0 Å². The molecule has 1 aliphatic carbocycles. The number of aliphatic imine (C=N–C) groups is 1. The number of benzene rings is 2. The average molecular weight is 372 g/mol. The Morgan fingerprint density at radius 2 is 2.21 bits per heavy atom. The maximum absolute atomic E-state index is 13.5. The van der Waals surface area contributed by atoms with Gasteiger partial charge in [-0.2, -0.15) is 0 Å². The van der Waals surface area contributed by atoms with Crippen LogP contribution in [0.25, 0.3) is 11.0 Å². The third-order valence-electron chi connectivity index (χ3n) is 6.31. The van der Waals surface area contributed by atoms with Crippen LogP contribution in [0, 0.1) is 6.92 Å². The summed E-state index contributed by atoms with van der Waals surface area (Å²) in [6.45, 7) is 2.84.